The van der Waals surface area contributed by atoms with Crippen molar-refractivity contribution in [3.63, 3.8) is 0 Å². The van der Waals surface area contributed by atoms with Gasteiger partial charge in [0.05, 0.1) is 4.90 Å². The van der Waals surface area contributed by atoms with Crippen LogP contribution in [0.3, 0.4) is 0 Å². The second-order valence-electron chi connectivity index (χ2n) is 5.38. The SMILES string of the molecule is CCc1cccc(S(=O)(=O)N[C@@H](Cc2ccc(O)cc2)C(=O)O)c1. The number of carboxylic acid groups (broad SMARTS) is 1. The molecule has 0 bridgehead atoms. The molecule has 6 nitrogen and oxygen atoms in total. The van der Waals surface area contributed by atoms with Crippen LogP contribution in [0.25, 0.3) is 0 Å². The summed E-state index contributed by atoms with van der Waals surface area (Å²) in [4.78, 5) is 11.5. The fraction of sp³-hybridized carbons (Fsp3) is 0.235. The third-order valence-electron chi connectivity index (χ3n) is 3.59. The molecule has 0 amide bonds. The van der Waals surface area contributed by atoms with Crippen molar-refractivity contribution >= 4 is 16.0 Å². The summed E-state index contributed by atoms with van der Waals surface area (Å²) >= 11 is 0. The van der Waals surface area contributed by atoms with Gasteiger partial charge < -0.3 is 10.2 Å². The average Bonchev–Trinajstić information content (AvgIpc) is 2.56. The van der Waals surface area contributed by atoms with Crippen LogP contribution in [0, 0.1) is 0 Å². The summed E-state index contributed by atoms with van der Waals surface area (Å²) in [5, 5.41) is 18.6. The summed E-state index contributed by atoms with van der Waals surface area (Å²) < 4.78 is 27.1. The van der Waals surface area contributed by atoms with Crippen LogP contribution in [0.15, 0.2) is 53.4 Å². The third-order valence-corrected chi connectivity index (χ3v) is 5.06. The highest BCUT2D eigenvalue weighted by atomic mass is 32.2. The molecular formula is C17H19NO5S. The number of aromatic hydroxyl groups is 1. The van der Waals surface area contributed by atoms with Crippen molar-refractivity contribution in [3.8, 4) is 5.75 Å². The lowest BCUT2D eigenvalue weighted by Crippen LogP contribution is -2.42. The van der Waals surface area contributed by atoms with E-state index in [0.717, 1.165) is 5.56 Å². The minimum absolute atomic E-state index is 0.0255. The van der Waals surface area contributed by atoms with Crippen LogP contribution in [0.1, 0.15) is 18.1 Å². The maximum absolute atomic E-state index is 12.4. The normalized spacial score (nSPS) is 12.7. The highest BCUT2D eigenvalue weighted by Gasteiger charge is 2.25. The van der Waals surface area contributed by atoms with E-state index in [4.69, 9.17) is 0 Å². The zero-order valence-corrected chi connectivity index (χ0v) is 14.0. The second kappa shape index (κ2) is 7.46. The maximum Gasteiger partial charge on any atom is 0.322 e. The lowest BCUT2D eigenvalue weighted by atomic mass is 10.1. The average molecular weight is 349 g/mol. The number of aryl methyl sites for hydroxylation is 1. The Kier molecular flexibility index (Phi) is 5.58. The number of hydrogen-bond donors (Lipinski definition) is 3. The van der Waals surface area contributed by atoms with Crippen molar-refractivity contribution in [1.82, 2.24) is 4.72 Å². The Labute approximate surface area is 140 Å². The van der Waals surface area contributed by atoms with Crippen LogP contribution in [0.4, 0.5) is 0 Å². The first-order valence-electron chi connectivity index (χ1n) is 7.44. The van der Waals surface area contributed by atoms with Gasteiger partial charge in [0.15, 0.2) is 0 Å². The zero-order valence-electron chi connectivity index (χ0n) is 13.1. The van der Waals surface area contributed by atoms with E-state index < -0.39 is 22.0 Å². The molecule has 0 saturated carbocycles. The van der Waals surface area contributed by atoms with Gasteiger partial charge in [0, 0.05) is 0 Å². The van der Waals surface area contributed by atoms with Gasteiger partial charge in [0.2, 0.25) is 10.0 Å². The van der Waals surface area contributed by atoms with Crippen molar-refractivity contribution in [3.05, 3.63) is 59.7 Å². The van der Waals surface area contributed by atoms with E-state index in [1.54, 1.807) is 18.2 Å². The first-order chi connectivity index (χ1) is 11.3. The van der Waals surface area contributed by atoms with Gasteiger partial charge in [-0.05, 0) is 48.2 Å². The van der Waals surface area contributed by atoms with Gasteiger partial charge in [-0.1, -0.05) is 31.2 Å². The van der Waals surface area contributed by atoms with E-state index in [1.165, 1.54) is 24.3 Å². The fourth-order valence-corrected chi connectivity index (χ4v) is 3.49. The van der Waals surface area contributed by atoms with Crippen LogP contribution >= 0.6 is 0 Å². The van der Waals surface area contributed by atoms with Gasteiger partial charge in [-0.15, -0.1) is 0 Å². The van der Waals surface area contributed by atoms with Crippen LogP contribution in [0.2, 0.25) is 0 Å². The van der Waals surface area contributed by atoms with Crippen LogP contribution < -0.4 is 4.72 Å². The maximum atomic E-state index is 12.4. The Morgan fingerprint density at radius 2 is 1.79 bits per heavy atom. The lowest BCUT2D eigenvalue weighted by molar-refractivity contribution is -0.138. The van der Waals surface area contributed by atoms with Gasteiger partial charge in [0.25, 0.3) is 0 Å². The molecule has 0 heterocycles. The Morgan fingerprint density at radius 3 is 2.38 bits per heavy atom. The predicted octanol–water partition coefficient (Wildman–Crippen LogP) is 1.93. The molecule has 0 spiro atoms. The molecule has 0 saturated heterocycles. The number of hydrogen-bond acceptors (Lipinski definition) is 4. The van der Waals surface area contributed by atoms with Crippen molar-refractivity contribution in [1.29, 1.82) is 0 Å². The molecule has 128 valence electrons. The number of phenolic OH excluding ortho intramolecular Hbond substituents is 1. The van der Waals surface area contributed by atoms with Gasteiger partial charge in [-0.2, -0.15) is 4.72 Å². The van der Waals surface area contributed by atoms with Crippen LogP contribution in [-0.2, 0) is 27.7 Å². The molecule has 0 aliphatic rings. The van der Waals surface area contributed by atoms with E-state index in [0.29, 0.717) is 12.0 Å². The molecule has 0 radical (unpaired) electrons. The molecule has 0 fully saturated rings. The molecule has 0 aliphatic carbocycles. The molecule has 2 aromatic carbocycles. The molecule has 1 atom stereocenters. The second-order valence-corrected chi connectivity index (χ2v) is 7.10. The number of nitrogens with one attached hydrogen (secondary N) is 1. The van der Waals surface area contributed by atoms with Gasteiger partial charge >= 0.3 is 5.97 Å². The largest absolute Gasteiger partial charge is 0.508 e. The summed E-state index contributed by atoms with van der Waals surface area (Å²) in [6.45, 7) is 1.91. The number of carboxylic acids is 1. The van der Waals surface area contributed by atoms with Gasteiger partial charge in [0.1, 0.15) is 11.8 Å². The summed E-state index contributed by atoms with van der Waals surface area (Å²) in [6, 6.07) is 11.1. The standard InChI is InChI=1S/C17H19NO5S/c1-2-12-4-3-5-15(10-12)24(22,23)18-16(17(20)21)11-13-6-8-14(19)9-7-13/h3-10,16,18-19H,2,11H2,1H3,(H,20,21)/t16-/m0/s1. The number of aliphatic carboxylic acids is 1. The Bertz CT molecular complexity index is 815. The molecule has 0 unspecified atom stereocenters. The zero-order chi connectivity index (χ0) is 17.7. The van der Waals surface area contributed by atoms with Crippen molar-refractivity contribution in [2.45, 2.75) is 30.7 Å². The predicted molar refractivity (Wildman–Crippen MR) is 89.4 cm³/mol. The summed E-state index contributed by atoms with van der Waals surface area (Å²) in [5.41, 5.74) is 1.45. The van der Waals surface area contributed by atoms with Crippen molar-refractivity contribution in [2.24, 2.45) is 0 Å². The van der Waals surface area contributed by atoms with E-state index in [2.05, 4.69) is 4.72 Å². The van der Waals surface area contributed by atoms with Gasteiger partial charge in [-0.25, -0.2) is 8.42 Å². The number of benzene rings is 2. The van der Waals surface area contributed by atoms with E-state index >= 15 is 0 Å². The smallest absolute Gasteiger partial charge is 0.322 e. The molecule has 7 heteroatoms. The Balaban J connectivity index is 2.22. The summed E-state index contributed by atoms with van der Waals surface area (Å²) in [7, 11) is -3.95. The monoisotopic (exact) mass is 349 g/mol. The topological polar surface area (TPSA) is 104 Å². The van der Waals surface area contributed by atoms with E-state index in [9.17, 15) is 23.4 Å². The first-order valence-corrected chi connectivity index (χ1v) is 8.92. The van der Waals surface area contributed by atoms with Crippen molar-refractivity contribution < 1.29 is 23.4 Å². The summed E-state index contributed by atoms with van der Waals surface area (Å²) in [6.07, 6.45) is 0.654. The number of phenols is 1. The lowest BCUT2D eigenvalue weighted by Gasteiger charge is -2.15. The van der Waals surface area contributed by atoms with Crippen LogP contribution in [-0.4, -0.2) is 30.6 Å². The number of sulfonamides is 1. The fourth-order valence-electron chi connectivity index (χ4n) is 2.24. The molecule has 2 rings (SSSR count). The highest BCUT2D eigenvalue weighted by molar-refractivity contribution is 7.89. The van der Waals surface area contributed by atoms with E-state index in [1.807, 2.05) is 13.0 Å². The molecule has 0 aromatic heterocycles. The minimum atomic E-state index is -3.95. The number of carbonyl (C=O) groups is 1. The summed E-state index contributed by atoms with van der Waals surface area (Å²) in [5.74, 6) is -1.21. The molecule has 24 heavy (non-hydrogen) atoms. The third kappa shape index (κ3) is 4.56. The Morgan fingerprint density at radius 1 is 1.12 bits per heavy atom. The quantitative estimate of drug-likeness (QED) is 0.708. The Hall–Kier alpha value is -2.38. The first kappa shape index (κ1) is 18.0. The molecular weight excluding hydrogens is 330 g/mol. The van der Waals surface area contributed by atoms with Crippen LogP contribution in [0.5, 0.6) is 5.75 Å². The van der Waals surface area contributed by atoms with Crippen molar-refractivity contribution in [2.75, 3.05) is 0 Å². The molecule has 0 aliphatic heterocycles. The molecule has 2 aromatic rings. The van der Waals surface area contributed by atoms with Gasteiger partial charge in [-0.3, -0.25) is 4.79 Å². The minimum Gasteiger partial charge on any atom is -0.508 e. The molecule has 3 N–H and O–H groups in total. The highest BCUT2D eigenvalue weighted by Crippen LogP contribution is 2.15. The number of rotatable bonds is 7. The van der Waals surface area contributed by atoms with E-state index in [-0.39, 0.29) is 17.1 Å².